The number of halogens is 2. The number of anilines is 1. The maximum absolute atomic E-state index is 14.3. The molecule has 3 aromatic rings. The third-order valence-electron chi connectivity index (χ3n) is 6.24. The van der Waals surface area contributed by atoms with E-state index in [0.717, 1.165) is 11.6 Å². The van der Waals surface area contributed by atoms with Gasteiger partial charge in [-0.2, -0.15) is 0 Å². The highest BCUT2D eigenvalue weighted by Crippen LogP contribution is 2.34. The summed E-state index contributed by atoms with van der Waals surface area (Å²) in [5.74, 6) is -0.397. The van der Waals surface area contributed by atoms with E-state index in [1.165, 1.54) is 19.2 Å². The Labute approximate surface area is 198 Å². The summed E-state index contributed by atoms with van der Waals surface area (Å²) < 4.78 is 38.4. The van der Waals surface area contributed by atoms with Gasteiger partial charge in [0.2, 0.25) is 5.91 Å². The molecule has 1 heterocycles. The number of rotatable bonds is 7. The Morgan fingerprint density at radius 3 is 2.50 bits per heavy atom. The monoisotopic (exact) mass is 466 g/mol. The first-order valence-corrected chi connectivity index (χ1v) is 11.2. The molecule has 5 nitrogen and oxygen atoms in total. The Balaban J connectivity index is 1.55. The molecule has 1 aliphatic rings. The van der Waals surface area contributed by atoms with Crippen molar-refractivity contribution in [1.82, 2.24) is 4.90 Å². The summed E-state index contributed by atoms with van der Waals surface area (Å²) >= 11 is 0. The van der Waals surface area contributed by atoms with Gasteiger partial charge in [0.15, 0.2) is 0 Å². The molecule has 7 heteroatoms. The molecule has 0 spiro atoms. The summed E-state index contributed by atoms with van der Waals surface area (Å²) in [5.41, 5.74) is 2.10. The second-order valence-electron chi connectivity index (χ2n) is 8.53. The van der Waals surface area contributed by atoms with Crippen LogP contribution in [0.2, 0.25) is 0 Å². The van der Waals surface area contributed by atoms with Gasteiger partial charge in [0, 0.05) is 37.3 Å². The lowest BCUT2D eigenvalue weighted by Gasteiger charge is -2.37. The molecule has 3 aromatic carbocycles. The van der Waals surface area contributed by atoms with Crippen molar-refractivity contribution in [3.8, 4) is 11.5 Å². The second-order valence-corrected chi connectivity index (χ2v) is 8.53. The fourth-order valence-electron chi connectivity index (χ4n) is 4.50. The topological polar surface area (TPSA) is 50.8 Å². The summed E-state index contributed by atoms with van der Waals surface area (Å²) in [6.45, 7) is 1.44. The molecular weight excluding hydrogens is 438 g/mol. The van der Waals surface area contributed by atoms with Gasteiger partial charge in [-0.15, -0.1) is 0 Å². The molecule has 1 amide bonds. The zero-order valence-corrected chi connectivity index (χ0v) is 19.3. The molecular formula is C27H28F2N2O3. The van der Waals surface area contributed by atoms with Crippen LogP contribution in [-0.2, 0) is 11.3 Å². The van der Waals surface area contributed by atoms with Crippen molar-refractivity contribution in [3.63, 3.8) is 0 Å². The fraction of sp³-hybridized carbons (Fsp3) is 0.296. The van der Waals surface area contributed by atoms with Gasteiger partial charge in [0.1, 0.15) is 23.1 Å². The van der Waals surface area contributed by atoms with Crippen LogP contribution in [0.25, 0.3) is 0 Å². The van der Waals surface area contributed by atoms with E-state index in [9.17, 15) is 13.6 Å². The Kier molecular flexibility index (Phi) is 7.43. The van der Waals surface area contributed by atoms with Gasteiger partial charge in [-0.3, -0.25) is 9.69 Å². The number of amides is 1. The molecule has 1 saturated heterocycles. The van der Waals surface area contributed by atoms with Crippen LogP contribution in [0.15, 0.2) is 66.7 Å². The lowest BCUT2D eigenvalue weighted by molar-refractivity contribution is -0.121. The predicted octanol–water partition coefficient (Wildman–Crippen LogP) is 5.23. The van der Waals surface area contributed by atoms with Gasteiger partial charge < -0.3 is 14.8 Å². The minimum Gasteiger partial charge on any atom is -0.497 e. The van der Waals surface area contributed by atoms with Gasteiger partial charge in [0.05, 0.1) is 25.8 Å². The summed E-state index contributed by atoms with van der Waals surface area (Å²) in [6, 6.07) is 18.9. The number of likely N-dealkylation sites (tertiary alicyclic amines) is 1. The molecule has 0 saturated carbocycles. The highest BCUT2D eigenvalue weighted by molar-refractivity contribution is 5.94. The maximum Gasteiger partial charge on any atom is 0.228 e. The molecule has 4 rings (SSSR count). The number of ether oxygens (including phenoxy) is 2. The van der Waals surface area contributed by atoms with Crippen LogP contribution in [0.1, 0.15) is 23.5 Å². The molecule has 0 radical (unpaired) electrons. The fourth-order valence-corrected chi connectivity index (χ4v) is 4.50. The normalized spacial score (nSPS) is 18.4. The van der Waals surface area contributed by atoms with E-state index < -0.39 is 11.6 Å². The van der Waals surface area contributed by atoms with Gasteiger partial charge >= 0.3 is 0 Å². The van der Waals surface area contributed by atoms with E-state index >= 15 is 0 Å². The molecule has 0 unspecified atom stereocenters. The second kappa shape index (κ2) is 10.7. The van der Waals surface area contributed by atoms with Crippen LogP contribution >= 0.6 is 0 Å². The Bertz CT molecular complexity index is 1140. The first-order valence-electron chi connectivity index (χ1n) is 11.2. The summed E-state index contributed by atoms with van der Waals surface area (Å²) in [7, 11) is 3.10. The number of hydrogen-bond acceptors (Lipinski definition) is 4. The van der Waals surface area contributed by atoms with Crippen molar-refractivity contribution in [3.05, 3.63) is 89.5 Å². The Morgan fingerprint density at radius 1 is 1.00 bits per heavy atom. The number of methoxy groups -OCH3 is 2. The predicted molar refractivity (Wildman–Crippen MR) is 127 cm³/mol. The molecule has 1 N–H and O–H groups in total. The molecule has 2 atom stereocenters. The smallest absolute Gasteiger partial charge is 0.228 e. The zero-order valence-electron chi connectivity index (χ0n) is 19.3. The van der Waals surface area contributed by atoms with E-state index in [1.807, 2.05) is 30.3 Å². The van der Waals surface area contributed by atoms with Crippen LogP contribution < -0.4 is 14.8 Å². The number of nitrogens with zero attached hydrogens (tertiary/aromatic N) is 1. The van der Waals surface area contributed by atoms with Gasteiger partial charge in [-0.05, 0) is 36.1 Å². The van der Waals surface area contributed by atoms with Crippen molar-refractivity contribution in [2.24, 2.45) is 5.92 Å². The van der Waals surface area contributed by atoms with Crippen LogP contribution in [0.3, 0.4) is 0 Å². The summed E-state index contributed by atoms with van der Waals surface area (Å²) in [4.78, 5) is 15.4. The van der Waals surface area contributed by atoms with Gasteiger partial charge in [-0.25, -0.2) is 8.78 Å². The first-order chi connectivity index (χ1) is 16.5. The highest BCUT2D eigenvalue weighted by atomic mass is 19.1. The number of piperidine rings is 1. The minimum atomic E-state index is -0.604. The van der Waals surface area contributed by atoms with Crippen LogP contribution in [-0.4, -0.2) is 38.1 Å². The third-order valence-corrected chi connectivity index (χ3v) is 6.24. The van der Waals surface area contributed by atoms with Crippen molar-refractivity contribution in [1.29, 1.82) is 0 Å². The lowest BCUT2D eigenvalue weighted by Crippen LogP contribution is -2.43. The standard InChI is InChI=1S/C27H28F2N2O3/c1-33-23-10-11-25(26(14-23)34-2)30-27(32)21-12-20(18-6-4-3-5-7-18)16-31(17-21)15-19-8-9-22(28)13-24(19)29/h3-11,13-14,20-21H,12,15-17H2,1-2H3,(H,30,32)/t20-,21-/m1/s1. The SMILES string of the molecule is COc1ccc(NC(=O)[C@@H]2C[C@@H](c3ccccc3)CN(Cc3ccc(F)cc3F)C2)c(OC)c1. The molecule has 1 aliphatic heterocycles. The third kappa shape index (κ3) is 5.54. The van der Waals surface area contributed by atoms with Crippen molar-refractivity contribution in [2.45, 2.75) is 18.9 Å². The maximum atomic E-state index is 14.3. The average molecular weight is 467 g/mol. The van der Waals surface area contributed by atoms with Gasteiger partial charge in [-0.1, -0.05) is 36.4 Å². The minimum absolute atomic E-state index is 0.104. The lowest BCUT2D eigenvalue weighted by atomic mass is 9.83. The van der Waals surface area contributed by atoms with Crippen LogP contribution in [0.5, 0.6) is 11.5 Å². The molecule has 178 valence electrons. The van der Waals surface area contributed by atoms with Crippen LogP contribution in [0, 0.1) is 17.6 Å². The number of benzene rings is 3. The van der Waals surface area contributed by atoms with E-state index in [4.69, 9.17) is 9.47 Å². The molecule has 0 aromatic heterocycles. The Hall–Kier alpha value is -3.45. The Morgan fingerprint density at radius 2 is 1.79 bits per heavy atom. The summed E-state index contributed by atoms with van der Waals surface area (Å²) in [6.07, 6.45) is 0.663. The van der Waals surface area contributed by atoms with Crippen molar-refractivity contribution in [2.75, 3.05) is 32.6 Å². The molecule has 0 aliphatic carbocycles. The average Bonchev–Trinajstić information content (AvgIpc) is 2.86. The number of nitrogens with one attached hydrogen (secondary N) is 1. The van der Waals surface area contributed by atoms with E-state index in [0.29, 0.717) is 48.8 Å². The van der Waals surface area contributed by atoms with Crippen molar-refractivity contribution < 1.29 is 23.0 Å². The van der Waals surface area contributed by atoms with E-state index in [-0.39, 0.29) is 17.7 Å². The molecule has 0 bridgehead atoms. The van der Waals surface area contributed by atoms with E-state index in [2.05, 4.69) is 10.2 Å². The van der Waals surface area contributed by atoms with Gasteiger partial charge in [0.25, 0.3) is 0 Å². The van der Waals surface area contributed by atoms with E-state index in [1.54, 1.807) is 25.3 Å². The number of carbonyl (C=O) groups excluding carboxylic acids is 1. The first kappa shape index (κ1) is 23.7. The number of hydrogen-bond donors (Lipinski definition) is 1. The highest BCUT2D eigenvalue weighted by Gasteiger charge is 2.33. The zero-order chi connectivity index (χ0) is 24.1. The van der Waals surface area contributed by atoms with Crippen molar-refractivity contribution >= 4 is 11.6 Å². The largest absolute Gasteiger partial charge is 0.497 e. The number of carbonyl (C=O) groups is 1. The van der Waals surface area contributed by atoms with Crippen LogP contribution in [0.4, 0.5) is 14.5 Å². The quantitative estimate of drug-likeness (QED) is 0.518. The summed E-state index contributed by atoms with van der Waals surface area (Å²) in [5, 5.41) is 2.99. The molecule has 34 heavy (non-hydrogen) atoms. The molecule has 1 fully saturated rings.